The van der Waals surface area contributed by atoms with Gasteiger partial charge in [-0.05, 0) is 44.2 Å². The Hall–Kier alpha value is -2.29. The van der Waals surface area contributed by atoms with Gasteiger partial charge in [0.15, 0.2) is 0 Å². The molecule has 2 rings (SSSR count). The second kappa shape index (κ2) is 9.42. The van der Waals surface area contributed by atoms with Crippen LogP contribution in [0.4, 0.5) is 0 Å². The minimum atomic E-state index is -0.417. The third kappa shape index (κ3) is 5.62. The molecule has 1 amide bonds. The maximum Gasteiger partial charge on any atom is 0.262 e. The third-order valence-corrected chi connectivity index (χ3v) is 4.26. The number of nitrogens with one attached hydrogen (secondary N) is 1. The van der Waals surface area contributed by atoms with Crippen LogP contribution in [0.15, 0.2) is 52.5 Å². The number of ether oxygens (including phenoxy) is 1. The summed E-state index contributed by atoms with van der Waals surface area (Å²) in [4.78, 5) is 12.1. The highest BCUT2D eigenvalue weighted by molar-refractivity contribution is 9.10. The van der Waals surface area contributed by atoms with Crippen LogP contribution >= 0.6 is 27.5 Å². The van der Waals surface area contributed by atoms with Crippen LogP contribution in [0.25, 0.3) is 6.08 Å². The SMILES string of the molecule is CC(C)NC(=O)/C(C#N)=C/c1cc(Br)ccc1OCc1ccccc1Cl. The van der Waals surface area contributed by atoms with Crippen LogP contribution in [0, 0.1) is 11.3 Å². The predicted octanol–water partition coefficient (Wildman–Crippen LogP) is 5.11. The number of halogens is 2. The van der Waals surface area contributed by atoms with E-state index in [-0.39, 0.29) is 18.2 Å². The highest BCUT2D eigenvalue weighted by Gasteiger charge is 2.12. The quantitative estimate of drug-likeness (QED) is 0.508. The van der Waals surface area contributed by atoms with Gasteiger partial charge in [0.25, 0.3) is 5.91 Å². The van der Waals surface area contributed by atoms with Crippen LogP contribution in [-0.2, 0) is 11.4 Å². The summed E-state index contributed by atoms with van der Waals surface area (Å²) in [6.45, 7) is 3.95. The van der Waals surface area contributed by atoms with Gasteiger partial charge in [-0.1, -0.05) is 45.7 Å². The van der Waals surface area contributed by atoms with E-state index in [0.717, 1.165) is 10.0 Å². The molecule has 6 heteroatoms. The zero-order chi connectivity index (χ0) is 19.1. The number of hydrogen-bond acceptors (Lipinski definition) is 3. The van der Waals surface area contributed by atoms with Crippen LogP contribution in [-0.4, -0.2) is 11.9 Å². The molecule has 0 saturated carbocycles. The lowest BCUT2D eigenvalue weighted by molar-refractivity contribution is -0.117. The van der Waals surface area contributed by atoms with Crippen LogP contribution in [0.5, 0.6) is 5.75 Å². The number of nitrogens with zero attached hydrogens (tertiary/aromatic N) is 1. The molecule has 2 aromatic rings. The number of rotatable bonds is 6. The molecule has 0 aliphatic carbocycles. The summed E-state index contributed by atoms with van der Waals surface area (Å²) in [6, 6.07) is 14.7. The van der Waals surface area contributed by atoms with Gasteiger partial charge in [0.2, 0.25) is 0 Å². The fraction of sp³-hybridized carbons (Fsp3) is 0.200. The molecule has 0 bridgehead atoms. The van der Waals surface area contributed by atoms with Gasteiger partial charge in [-0.3, -0.25) is 4.79 Å². The number of hydrogen-bond donors (Lipinski definition) is 1. The third-order valence-electron chi connectivity index (χ3n) is 3.40. The van der Waals surface area contributed by atoms with Crippen molar-refractivity contribution in [2.45, 2.75) is 26.5 Å². The summed E-state index contributed by atoms with van der Waals surface area (Å²) in [7, 11) is 0. The van der Waals surface area contributed by atoms with E-state index in [1.54, 1.807) is 18.2 Å². The van der Waals surface area contributed by atoms with E-state index in [1.807, 2.05) is 44.2 Å². The molecule has 4 nitrogen and oxygen atoms in total. The molecule has 0 aromatic heterocycles. The summed E-state index contributed by atoms with van der Waals surface area (Å²) in [5.74, 6) is 0.137. The first-order valence-corrected chi connectivity index (χ1v) is 9.16. The standard InChI is InChI=1S/C20H18BrClN2O2/c1-13(2)24-20(25)16(11-23)9-15-10-17(21)7-8-19(15)26-12-14-5-3-4-6-18(14)22/h3-10,13H,12H2,1-2H3,(H,24,25)/b16-9+. The average Bonchev–Trinajstić information content (AvgIpc) is 2.59. The molecule has 1 N–H and O–H groups in total. The lowest BCUT2D eigenvalue weighted by Gasteiger charge is -2.12. The number of carbonyl (C=O) groups is 1. The zero-order valence-corrected chi connectivity index (χ0v) is 16.8. The van der Waals surface area contributed by atoms with E-state index in [4.69, 9.17) is 16.3 Å². The summed E-state index contributed by atoms with van der Waals surface area (Å²) < 4.78 is 6.69. The summed E-state index contributed by atoms with van der Waals surface area (Å²) in [5.41, 5.74) is 1.49. The fourth-order valence-corrected chi connectivity index (χ4v) is 2.75. The molecule has 26 heavy (non-hydrogen) atoms. The Morgan fingerprint density at radius 1 is 1.35 bits per heavy atom. The number of nitriles is 1. The molecule has 0 saturated heterocycles. The van der Waals surface area contributed by atoms with Gasteiger partial charge in [-0.15, -0.1) is 0 Å². The maximum atomic E-state index is 12.1. The molecule has 0 heterocycles. The normalized spacial score (nSPS) is 11.2. The average molecular weight is 434 g/mol. The van der Waals surface area contributed by atoms with E-state index < -0.39 is 5.91 Å². The van der Waals surface area contributed by atoms with E-state index in [9.17, 15) is 10.1 Å². The first-order chi connectivity index (χ1) is 12.4. The molecule has 134 valence electrons. The van der Waals surface area contributed by atoms with Crippen molar-refractivity contribution in [2.24, 2.45) is 0 Å². The summed E-state index contributed by atoms with van der Waals surface area (Å²) in [6.07, 6.45) is 1.52. The topological polar surface area (TPSA) is 62.1 Å². The smallest absolute Gasteiger partial charge is 0.262 e. The van der Waals surface area contributed by atoms with E-state index in [1.165, 1.54) is 6.08 Å². The Labute approximate surface area is 166 Å². The highest BCUT2D eigenvalue weighted by atomic mass is 79.9. The second-order valence-electron chi connectivity index (χ2n) is 5.86. The first kappa shape index (κ1) is 20.0. The Balaban J connectivity index is 2.29. The molecule has 0 spiro atoms. The minimum Gasteiger partial charge on any atom is -0.488 e. The van der Waals surface area contributed by atoms with Crippen molar-refractivity contribution in [1.82, 2.24) is 5.32 Å². The molecule has 0 unspecified atom stereocenters. The van der Waals surface area contributed by atoms with Gasteiger partial charge in [-0.2, -0.15) is 5.26 Å². The van der Waals surface area contributed by atoms with Crippen molar-refractivity contribution in [3.8, 4) is 11.8 Å². The summed E-state index contributed by atoms with van der Waals surface area (Å²) in [5, 5.41) is 12.7. The Kier molecular flexibility index (Phi) is 7.26. The first-order valence-electron chi connectivity index (χ1n) is 7.99. The van der Waals surface area contributed by atoms with Gasteiger partial charge in [0.1, 0.15) is 24.0 Å². The van der Waals surface area contributed by atoms with E-state index in [0.29, 0.717) is 16.3 Å². The van der Waals surface area contributed by atoms with Crippen molar-refractivity contribution in [2.75, 3.05) is 0 Å². The van der Waals surface area contributed by atoms with Gasteiger partial charge >= 0.3 is 0 Å². The number of amides is 1. The number of benzene rings is 2. The van der Waals surface area contributed by atoms with Gasteiger partial charge < -0.3 is 10.1 Å². The Bertz CT molecular complexity index is 872. The highest BCUT2D eigenvalue weighted by Crippen LogP contribution is 2.27. The lowest BCUT2D eigenvalue weighted by Crippen LogP contribution is -2.30. The van der Waals surface area contributed by atoms with E-state index >= 15 is 0 Å². The van der Waals surface area contributed by atoms with Crippen LogP contribution in [0.2, 0.25) is 5.02 Å². The molecule has 0 fully saturated rings. The van der Waals surface area contributed by atoms with E-state index in [2.05, 4.69) is 21.2 Å². The monoisotopic (exact) mass is 432 g/mol. The molecule has 0 atom stereocenters. The van der Waals surface area contributed by atoms with Crippen LogP contribution in [0.3, 0.4) is 0 Å². The molecule has 0 aliphatic heterocycles. The van der Waals surface area contributed by atoms with Crippen molar-refractivity contribution in [3.05, 3.63) is 68.7 Å². The van der Waals surface area contributed by atoms with Crippen molar-refractivity contribution >= 4 is 39.5 Å². The molecule has 2 aromatic carbocycles. The van der Waals surface area contributed by atoms with Crippen LogP contribution < -0.4 is 10.1 Å². The zero-order valence-electron chi connectivity index (χ0n) is 14.4. The Morgan fingerprint density at radius 2 is 2.08 bits per heavy atom. The van der Waals surface area contributed by atoms with Crippen molar-refractivity contribution in [3.63, 3.8) is 0 Å². The molecule has 0 radical (unpaired) electrons. The second-order valence-corrected chi connectivity index (χ2v) is 7.18. The van der Waals surface area contributed by atoms with Crippen molar-refractivity contribution < 1.29 is 9.53 Å². The number of carbonyl (C=O) groups excluding carboxylic acids is 1. The maximum absolute atomic E-state index is 12.1. The van der Waals surface area contributed by atoms with Gasteiger partial charge in [-0.25, -0.2) is 0 Å². The Morgan fingerprint density at radius 3 is 2.73 bits per heavy atom. The van der Waals surface area contributed by atoms with Crippen LogP contribution in [0.1, 0.15) is 25.0 Å². The predicted molar refractivity (Wildman–Crippen MR) is 107 cm³/mol. The molecular weight excluding hydrogens is 416 g/mol. The van der Waals surface area contributed by atoms with Gasteiger partial charge in [0.05, 0.1) is 0 Å². The van der Waals surface area contributed by atoms with Crippen molar-refractivity contribution in [1.29, 1.82) is 5.26 Å². The molecule has 0 aliphatic rings. The molecular formula is C20H18BrClN2O2. The summed E-state index contributed by atoms with van der Waals surface area (Å²) >= 11 is 9.56. The van der Waals surface area contributed by atoms with Gasteiger partial charge in [0, 0.05) is 26.7 Å². The lowest BCUT2D eigenvalue weighted by atomic mass is 10.1. The largest absolute Gasteiger partial charge is 0.488 e. The fourth-order valence-electron chi connectivity index (χ4n) is 2.18. The minimum absolute atomic E-state index is 0.0133.